The molecule has 2 nitrogen and oxygen atoms in total. The molecule has 0 atom stereocenters. The zero-order valence-electron chi connectivity index (χ0n) is 10.6. The first-order chi connectivity index (χ1) is 7.74. The molecule has 0 radical (unpaired) electrons. The van der Waals surface area contributed by atoms with Gasteiger partial charge in [-0.1, -0.05) is 43.7 Å². The first kappa shape index (κ1) is 12.8. The van der Waals surface area contributed by atoms with Crippen LogP contribution in [-0.4, -0.2) is 31.4 Å². The summed E-state index contributed by atoms with van der Waals surface area (Å²) in [4.78, 5) is 6.76. The first-order valence-corrected chi connectivity index (χ1v) is 5.98. The van der Waals surface area contributed by atoms with Crippen molar-refractivity contribution >= 4 is 5.84 Å². The normalized spacial score (nSPS) is 11.6. The van der Waals surface area contributed by atoms with Gasteiger partial charge in [0, 0.05) is 27.1 Å². The summed E-state index contributed by atoms with van der Waals surface area (Å²) in [6.07, 6.45) is 3.30. The number of likely N-dealkylation sites (N-methyl/N-ethyl adjacent to an activating group) is 1. The molecule has 0 saturated heterocycles. The lowest BCUT2D eigenvalue weighted by atomic mass is 10.1. The molecule has 0 bridgehead atoms. The van der Waals surface area contributed by atoms with Gasteiger partial charge in [0.2, 0.25) is 0 Å². The third-order valence-electron chi connectivity index (χ3n) is 2.53. The molecule has 1 rings (SSSR count). The van der Waals surface area contributed by atoms with Crippen LogP contribution >= 0.6 is 0 Å². The van der Waals surface area contributed by atoms with E-state index in [2.05, 4.69) is 55.2 Å². The Kier molecular flexibility index (Phi) is 5.62. The average Bonchev–Trinajstić information content (AvgIpc) is 2.29. The largest absolute Gasteiger partial charge is 0.366 e. The molecule has 1 aromatic rings. The third kappa shape index (κ3) is 4.47. The number of nitrogens with zero attached hydrogens (tertiary/aromatic N) is 2. The maximum absolute atomic E-state index is 4.65. The van der Waals surface area contributed by atoms with E-state index in [4.69, 9.17) is 0 Å². The molecule has 1 aromatic carbocycles. The molecule has 0 aliphatic rings. The number of unbranched alkanes of at least 4 members (excludes halogenated alkanes) is 1. The van der Waals surface area contributed by atoms with Crippen LogP contribution in [0.2, 0.25) is 0 Å². The van der Waals surface area contributed by atoms with Crippen LogP contribution in [0.5, 0.6) is 0 Å². The maximum Gasteiger partial charge on any atom is 0.103 e. The first-order valence-electron chi connectivity index (χ1n) is 5.98. The Morgan fingerprint density at radius 1 is 1.19 bits per heavy atom. The van der Waals surface area contributed by atoms with Crippen molar-refractivity contribution in [1.82, 2.24) is 4.90 Å². The van der Waals surface area contributed by atoms with Gasteiger partial charge in [0.15, 0.2) is 0 Å². The highest BCUT2D eigenvalue weighted by atomic mass is 15.1. The Morgan fingerprint density at radius 3 is 2.44 bits per heavy atom. The number of benzene rings is 1. The number of rotatable bonds is 5. The molecule has 0 aliphatic heterocycles. The van der Waals surface area contributed by atoms with Crippen LogP contribution in [0.1, 0.15) is 25.3 Å². The minimum atomic E-state index is 0.928. The summed E-state index contributed by atoms with van der Waals surface area (Å²) in [5.74, 6) is 1.17. The number of hydrogen-bond donors (Lipinski definition) is 0. The highest BCUT2D eigenvalue weighted by Gasteiger charge is 2.02. The Balaban J connectivity index is 2.61. The Labute approximate surface area is 99.0 Å². The molecule has 16 heavy (non-hydrogen) atoms. The lowest BCUT2D eigenvalue weighted by molar-refractivity contribution is 0.602. The molecule has 0 aromatic heterocycles. The summed E-state index contributed by atoms with van der Waals surface area (Å²) in [7, 11) is 4.13. The second kappa shape index (κ2) is 7.04. The molecule has 0 spiro atoms. The zero-order valence-corrected chi connectivity index (χ0v) is 10.6. The standard InChI is InChI=1S/C14H22N2/c1-4-5-11-15-14(16(2)3)12-13-9-7-6-8-10-13/h6-10H,4-5,11-12H2,1-3H3. The van der Waals surface area contributed by atoms with Crippen LogP contribution in [0.15, 0.2) is 35.3 Å². The molecule has 2 heteroatoms. The summed E-state index contributed by atoms with van der Waals surface area (Å²) in [6, 6.07) is 10.5. The lowest BCUT2D eigenvalue weighted by Gasteiger charge is -2.16. The third-order valence-corrected chi connectivity index (χ3v) is 2.53. The van der Waals surface area contributed by atoms with Crippen LogP contribution < -0.4 is 0 Å². The van der Waals surface area contributed by atoms with Crippen LogP contribution in [0.3, 0.4) is 0 Å². The molecule has 88 valence electrons. The van der Waals surface area contributed by atoms with E-state index in [-0.39, 0.29) is 0 Å². The van der Waals surface area contributed by atoms with Crippen molar-refractivity contribution in [3.63, 3.8) is 0 Å². The molecule has 0 saturated carbocycles. The van der Waals surface area contributed by atoms with E-state index in [9.17, 15) is 0 Å². The average molecular weight is 218 g/mol. The van der Waals surface area contributed by atoms with Crippen molar-refractivity contribution in [2.75, 3.05) is 20.6 Å². The number of hydrogen-bond acceptors (Lipinski definition) is 1. The molecule has 0 N–H and O–H groups in total. The van der Waals surface area contributed by atoms with Gasteiger partial charge in [-0.3, -0.25) is 4.99 Å². The van der Waals surface area contributed by atoms with Crippen LogP contribution in [0.4, 0.5) is 0 Å². The summed E-state index contributed by atoms with van der Waals surface area (Å²) in [5, 5.41) is 0. The Morgan fingerprint density at radius 2 is 1.88 bits per heavy atom. The minimum absolute atomic E-state index is 0.928. The molecule has 0 heterocycles. The second-order valence-electron chi connectivity index (χ2n) is 4.21. The van der Waals surface area contributed by atoms with Gasteiger partial charge in [-0.25, -0.2) is 0 Å². The lowest BCUT2D eigenvalue weighted by Crippen LogP contribution is -2.24. The van der Waals surface area contributed by atoms with E-state index in [1.54, 1.807) is 0 Å². The topological polar surface area (TPSA) is 15.6 Å². The van der Waals surface area contributed by atoms with E-state index in [1.807, 2.05) is 6.07 Å². The highest BCUT2D eigenvalue weighted by molar-refractivity contribution is 5.84. The van der Waals surface area contributed by atoms with Crippen molar-refractivity contribution in [2.24, 2.45) is 4.99 Å². The van der Waals surface area contributed by atoms with E-state index in [1.165, 1.54) is 24.2 Å². The smallest absolute Gasteiger partial charge is 0.103 e. The SMILES string of the molecule is CCCCN=C(Cc1ccccc1)N(C)C. The van der Waals surface area contributed by atoms with Gasteiger partial charge in [0.25, 0.3) is 0 Å². The predicted octanol–water partition coefficient (Wildman–Crippen LogP) is 2.99. The van der Waals surface area contributed by atoms with Gasteiger partial charge in [-0.15, -0.1) is 0 Å². The van der Waals surface area contributed by atoms with E-state index < -0.39 is 0 Å². The number of aliphatic imine (C=N–C) groups is 1. The Hall–Kier alpha value is -1.31. The molecule has 0 aliphatic carbocycles. The quantitative estimate of drug-likeness (QED) is 0.421. The monoisotopic (exact) mass is 218 g/mol. The van der Waals surface area contributed by atoms with Gasteiger partial charge in [0.1, 0.15) is 5.84 Å². The van der Waals surface area contributed by atoms with E-state index >= 15 is 0 Å². The predicted molar refractivity (Wildman–Crippen MR) is 71.0 cm³/mol. The summed E-state index contributed by atoms with van der Waals surface area (Å²) >= 11 is 0. The summed E-state index contributed by atoms with van der Waals surface area (Å²) < 4.78 is 0. The van der Waals surface area contributed by atoms with Gasteiger partial charge in [-0.05, 0) is 12.0 Å². The van der Waals surface area contributed by atoms with Gasteiger partial charge in [-0.2, -0.15) is 0 Å². The van der Waals surface area contributed by atoms with E-state index in [0.29, 0.717) is 0 Å². The second-order valence-corrected chi connectivity index (χ2v) is 4.21. The van der Waals surface area contributed by atoms with Crippen molar-refractivity contribution in [3.8, 4) is 0 Å². The summed E-state index contributed by atoms with van der Waals surface area (Å²) in [5.41, 5.74) is 1.33. The minimum Gasteiger partial charge on any atom is -0.366 e. The van der Waals surface area contributed by atoms with Crippen LogP contribution in [0.25, 0.3) is 0 Å². The van der Waals surface area contributed by atoms with Gasteiger partial charge in [0.05, 0.1) is 0 Å². The molecular weight excluding hydrogens is 196 g/mol. The summed E-state index contributed by atoms with van der Waals surface area (Å²) in [6.45, 7) is 3.14. The van der Waals surface area contributed by atoms with Crippen molar-refractivity contribution < 1.29 is 0 Å². The van der Waals surface area contributed by atoms with Crippen molar-refractivity contribution in [3.05, 3.63) is 35.9 Å². The fraction of sp³-hybridized carbons (Fsp3) is 0.500. The van der Waals surface area contributed by atoms with Gasteiger partial charge < -0.3 is 4.90 Å². The molecule has 0 unspecified atom stereocenters. The van der Waals surface area contributed by atoms with Crippen molar-refractivity contribution in [1.29, 1.82) is 0 Å². The molecular formula is C14H22N2. The number of amidine groups is 1. The zero-order chi connectivity index (χ0) is 11.8. The van der Waals surface area contributed by atoms with Crippen molar-refractivity contribution in [2.45, 2.75) is 26.2 Å². The van der Waals surface area contributed by atoms with Gasteiger partial charge >= 0.3 is 0 Å². The Bertz CT molecular complexity index is 315. The fourth-order valence-corrected chi connectivity index (χ4v) is 1.50. The highest BCUT2D eigenvalue weighted by Crippen LogP contribution is 2.03. The molecule has 0 amide bonds. The molecule has 0 fully saturated rings. The maximum atomic E-state index is 4.65. The fourth-order valence-electron chi connectivity index (χ4n) is 1.50. The van der Waals surface area contributed by atoms with Crippen LogP contribution in [0, 0.1) is 0 Å². The van der Waals surface area contributed by atoms with Crippen LogP contribution in [-0.2, 0) is 6.42 Å². The van der Waals surface area contributed by atoms with E-state index in [0.717, 1.165) is 13.0 Å².